The van der Waals surface area contributed by atoms with Crippen molar-refractivity contribution in [3.63, 3.8) is 0 Å². The van der Waals surface area contributed by atoms with Crippen molar-refractivity contribution in [2.45, 2.75) is 6.92 Å². The Labute approximate surface area is 201 Å². The van der Waals surface area contributed by atoms with E-state index in [1.165, 1.54) is 37.5 Å². The summed E-state index contributed by atoms with van der Waals surface area (Å²) in [6.07, 6.45) is 3.08. The zero-order valence-electron chi connectivity index (χ0n) is 19.1. The number of hydrogen-bond donors (Lipinski definition) is 0. The van der Waals surface area contributed by atoms with Crippen molar-refractivity contribution >= 4 is 12.2 Å². The Morgan fingerprint density at radius 2 is 1.20 bits per heavy atom. The van der Waals surface area contributed by atoms with Crippen LogP contribution in [0.3, 0.4) is 0 Å². The minimum Gasteiger partial charge on any atom is -0.497 e. The molecule has 0 saturated heterocycles. The van der Waals surface area contributed by atoms with Crippen molar-refractivity contribution in [3.05, 3.63) is 107 Å². The highest BCUT2D eigenvalue weighted by Crippen LogP contribution is 2.31. The lowest BCUT2D eigenvalue weighted by atomic mass is 10.0. The number of benzene rings is 4. The van der Waals surface area contributed by atoms with Crippen LogP contribution in [0.4, 0.5) is 17.6 Å². The number of halogens is 4. The maximum atomic E-state index is 14.7. The van der Waals surface area contributed by atoms with E-state index in [0.29, 0.717) is 22.4 Å². The van der Waals surface area contributed by atoms with Gasteiger partial charge in [0, 0.05) is 16.7 Å². The lowest BCUT2D eigenvalue weighted by Crippen LogP contribution is -1.98. The molecule has 0 unspecified atom stereocenters. The van der Waals surface area contributed by atoms with Gasteiger partial charge in [0.2, 0.25) is 5.82 Å². The van der Waals surface area contributed by atoms with E-state index >= 15 is 0 Å². The summed E-state index contributed by atoms with van der Waals surface area (Å²) in [5.41, 5.74) is 2.03. The van der Waals surface area contributed by atoms with Crippen molar-refractivity contribution < 1.29 is 27.0 Å². The van der Waals surface area contributed by atoms with Gasteiger partial charge < -0.3 is 9.47 Å². The molecule has 0 N–H and O–H groups in total. The van der Waals surface area contributed by atoms with Crippen LogP contribution in [0.1, 0.15) is 18.1 Å². The molecule has 0 radical (unpaired) electrons. The number of ether oxygens (including phenoxy) is 2. The second-order valence-corrected chi connectivity index (χ2v) is 7.69. The highest BCUT2D eigenvalue weighted by atomic mass is 19.2. The molecule has 0 heterocycles. The quantitative estimate of drug-likeness (QED) is 0.197. The standard InChI is InChI=1S/C29H22F4O2/c1-3-35-25-17-16-24(28(32)29(25)33)19-7-4-18(5-8-19)6-9-21-12-15-23(27(31)26(21)30)20-10-13-22(34-2)14-11-20/h4-17H,3H2,1-2H3/b9-6+. The zero-order valence-corrected chi connectivity index (χ0v) is 19.1. The molecule has 4 aromatic carbocycles. The third-order valence-electron chi connectivity index (χ3n) is 5.54. The summed E-state index contributed by atoms with van der Waals surface area (Å²) in [4.78, 5) is 0. The summed E-state index contributed by atoms with van der Waals surface area (Å²) in [5.74, 6) is -3.45. The Morgan fingerprint density at radius 3 is 1.80 bits per heavy atom. The molecule has 0 atom stereocenters. The van der Waals surface area contributed by atoms with Gasteiger partial charge in [-0.15, -0.1) is 0 Å². The highest BCUT2D eigenvalue weighted by Gasteiger charge is 2.16. The van der Waals surface area contributed by atoms with Crippen LogP contribution in [0.25, 0.3) is 34.4 Å². The van der Waals surface area contributed by atoms with Crippen LogP contribution < -0.4 is 9.47 Å². The molecule has 35 heavy (non-hydrogen) atoms. The van der Waals surface area contributed by atoms with Gasteiger partial charge in [-0.3, -0.25) is 0 Å². The van der Waals surface area contributed by atoms with Gasteiger partial charge >= 0.3 is 0 Å². The van der Waals surface area contributed by atoms with Crippen LogP contribution in [0.5, 0.6) is 11.5 Å². The van der Waals surface area contributed by atoms with Crippen molar-refractivity contribution in [3.8, 4) is 33.8 Å². The molecular formula is C29H22F4O2. The van der Waals surface area contributed by atoms with Crippen LogP contribution >= 0.6 is 0 Å². The second kappa shape index (κ2) is 10.5. The van der Waals surface area contributed by atoms with Crippen LogP contribution in [-0.4, -0.2) is 13.7 Å². The maximum absolute atomic E-state index is 14.7. The Balaban J connectivity index is 1.54. The van der Waals surface area contributed by atoms with E-state index in [4.69, 9.17) is 9.47 Å². The largest absolute Gasteiger partial charge is 0.497 e. The van der Waals surface area contributed by atoms with Crippen LogP contribution in [0.15, 0.2) is 72.8 Å². The number of rotatable bonds is 7. The molecule has 6 heteroatoms. The predicted molar refractivity (Wildman–Crippen MR) is 130 cm³/mol. The summed E-state index contributed by atoms with van der Waals surface area (Å²) in [6, 6.07) is 19.2. The van der Waals surface area contributed by atoms with Crippen molar-refractivity contribution in [1.82, 2.24) is 0 Å². The molecule has 0 spiro atoms. The zero-order chi connectivity index (χ0) is 24.9. The first-order chi connectivity index (χ1) is 16.9. The normalized spacial score (nSPS) is 11.1. The van der Waals surface area contributed by atoms with E-state index in [0.717, 1.165) is 0 Å². The minimum atomic E-state index is -1.04. The van der Waals surface area contributed by atoms with Crippen LogP contribution in [-0.2, 0) is 0 Å². The van der Waals surface area contributed by atoms with Crippen LogP contribution in [0, 0.1) is 23.3 Å². The fourth-order valence-corrected chi connectivity index (χ4v) is 3.67. The smallest absolute Gasteiger partial charge is 0.201 e. The monoisotopic (exact) mass is 478 g/mol. The van der Waals surface area contributed by atoms with Gasteiger partial charge in [-0.25, -0.2) is 13.2 Å². The van der Waals surface area contributed by atoms with Gasteiger partial charge in [0.25, 0.3) is 0 Å². The first-order valence-corrected chi connectivity index (χ1v) is 10.9. The Bertz CT molecular complexity index is 1360. The Hall–Kier alpha value is -4.06. The van der Waals surface area contributed by atoms with E-state index in [-0.39, 0.29) is 29.0 Å². The van der Waals surface area contributed by atoms with Crippen LogP contribution in [0.2, 0.25) is 0 Å². The summed E-state index contributed by atoms with van der Waals surface area (Å²) < 4.78 is 68.3. The van der Waals surface area contributed by atoms with Gasteiger partial charge in [-0.05, 0) is 47.9 Å². The third kappa shape index (κ3) is 5.06. The summed E-state index contributed by atoms with van der Waals surface area (Å²) in [7, 11) is 1.53. The van der Waals surface area contributed by atoms with Gasteiger partial charge in [0.05, 0.1) is 13.7 Å². The SMILES string of the molecule is CCOc1ccc(-c2ccc(/C=C/c3ccc(-c4ccc(OC)cc4)c(F)c3F)cc2)c(F)c1F. The van der Waals surface area contributed by atoms with E-state index < -0.39 is 23.3 Å². The Morgan fingerprint density at radius 1 is 0.629 bits per heavy atom. The lowest BCUT2D eigenvalue weighted by molar-refractivity contribution is 0.314. The van der Waals surface area contributed by atoms with Gasteiger partial charge in [0.1, 0.15) is 5.75 Å². The molecule has 4 rings (SSSR count). The average molecular weight is 478 g/mol. The Kier molecular flexibility index (Phi) is 7.20. The topological polar surface area (TPSA) is 18.5 Å². The van der Waals surface area contributed by atoms with Gasteiger partial charge in [0.15, 0.2) is 23.2 Å². The summed E-state index contributed by atoms with van der Waals surface area (Å²) >= 11 is 0. The van der Waals surface area contributed by atoms with E-state index in [9.17, 15) is 17.6 Å². The fourth-order valence-electron chi connectivity index (χ4n) is 3.67. The first kappa shape index (κ1) is 24.1. The summed E-state index contributed by atoms with van der Waals surface area (Å²) in [6.45, 7) is 1.92. The maximum Gasteiger partial charge on any atom is 0.201 e. The highest BCUT2D eigenvalue weighted by molar-refractivity contribution is 5.74. The molecule has 0 bridgehead atoms. The minimum absolute atomic E-state index is 0.0865. The van der Waals surface area contributed by atoms with Crippen molar-refractivity contribution in [2.24, 2.45) is 0 Å². The van der Waals surface area contributed by atoms with Gasteiger partial charge in [-0.1, -0.05) is 60.7 Å². The van der Waals surface area contributed by atoms with Crippen molar-refractivity contribution in [2.75, 3.05) is 13.7 Å². The number of hydrogen-bond acceptors (Lipinski definition) is 2. The van der Waals surface area contributed by atoms with Gasteiger partial charge in [-0.2, -0.15) is 4.39 Å². The third-order valence-corrected chi connectivity index (χ3v) is 5.54. The molecule has 0 aliphatic carbocycles. The second-order valence-electron chi connectivity index (χ2n) is 7.69. The molecule has 4 aromatic rings. The molecule has 0 aliphatic heterocycles. The summed E-state index contributed by atoms with van der Waals surface area (Å²) in [5, 5.41) is 0. The van der Waals surface area contributed by atoms with E-state index in [1.54, 1.807) is 61.5 Å². The van der Waals surface area contributed by atoms with E-state index in [1.807, 2.05) is 0 Å². The average Bonchev–Trinajstić information content (AvgIpc) is 2.88. The number of methoxy groups -OCH3 is 1. The molecule has 178 valence electrons. The molecule has 0 aromatic heterocycles. The fraction of sp³-hybridized carbons (Fsp3) is 0.103. The molecule has 0 aliphatic rings. The molecule has 0 fully saturated rings. The van der Waals surface area contributed by atoms with Crippen molar-refractivity contribution in [1.29, 1.82) is 0 Å². The molecule has 0 amide bonds. The predicted octanol–water partition coefficient (Wildman–Crippen LogP) is 8.15. The molecule has 2 nitrogen and oxygen atoms in total. The molecule has 0 saturated carbocycles. The molecular weight excluding hydrogens is 456 g/mol. The first-order valence-electron chi connectivity index (χ1n) is 10.9. The van der Waals surface area contributed by atoms with E-state index in [2.05, 4.69) is 0 Å². The lowest BCUT2D eigenvalue weighted by Gasteiger charge is -2.09.